The minimum atomic E-state index is -3.12. The molecule has 0 atom stereocenters. The van der Waals surface area contributed by atoms with E-state index in [0.29, 0.717) is 5.56 Å². The van der Waals surface area contributed by atoms with Crippen molar-refractivity contribution in [3.63, 3.8) is 0 Å². The van der Waals surface area contributed by atoms with Crippen molar-refractivity contribution in [2.75, 3.05) is 13.1 Å². The van der Waals surface area contributed by atoms with Crippen molar-refractivity contribution in [1.82, 2.24) is 5.32 Å². The first-order valence-electron chi connectivity index (χ1n) is 6.70. The van der Waals surface area contributed by atoms with Gasteiger partial charge in [0.25, 0.3) is 5.92 Å². The fourth-order valence-corrected chi connectivity index (χ4v) is 1.79. The second kappa shape index (κ2) is 7.26. The van der Waals surface area contributed by atoms with E-state index in [4.69, 9.17) is 5.73 Å². The van der Waals surface area contributed by atoms with Gasteiger partial charge >= 0.3 is 0 Å². The summed E-state index contributed by atoms with van der Waals surface area (Å²) in [6.07, 6.45) is -0.128. The van der Waals surface area contributed by atoms with Crippen LogP contribution in [0.1, 0.15) is 34.3 Å². The van der Waals surface area contributed by atoms with Gasteiger partial charge in [-0.05, 0) is 25.5 Å². The highest BCUT2D eigenvalue weighted by molar-refractivity contribution is 5.99. The quantitative estimate of drug-likeness (QED) is 0.756. The summed E-state index contributed by atoms with van der Waals surface area (Å²) < 4.78 is 25.7. The third-order valence-electron chi connectivity index (χ3n) is 3.12. The Hall–Kier alpha value is -1.82. The SMILES string of the molecule is Cc1ccc(C)c(C(=O)CCC(=O)NCC(F)(F)CN)c1. The maximum atomic E-state index is 12.9. The topological polar surface area (TPSA) is 72.2 Å². The van der Waals surface area contributed by atoms with Crippen LogP contribution in [0.2, 0.25) is 0 Å². The van der Waals surface area contributed by atoms with Crippen LogP contribution >= 0.6 is 0 Å². The number of alkyl halides is 2. The van der Waals surface area contributed by atoms with Crippen LogP contribution in [0, 0.1) is 13.8 Å². The Morgan fingerprint density at radius 1 is 1.24 bits per heavy atom. The molecule has 0 saturated carbocycles. The number of amides is 1. The Bertz CT molecular complexity index is 530. The van der Waals surface area contributed by atoms with Crippen LogP contribution < -0.4 is 11.1 Å². The van der Waals surface area contributed by atoms with E-state index in [0.717, 1.165) is 11.1 Å². The van der Waals surface area contributed by atoms with E-state index in [-0.39, 0.29) is 18.6 Å². The Balaban J connectivity index is 2.49. The summed E-state index contributed by atoms with van der Waals surface area (Å²) in [5.41, 5.74) is 7.22. The largest absolute Gasteiger partial charge is 0.350 e. The molecule has 0 fully saturated rings. The van der Waals surface area contributed by atoms with Gasteiger partial charge < -0.3 is 11.1 Å². The van der Waals surface area contributed by atoms with Crippen molar-refractivity contribution in [3.05, 3.63) is 34.9 Å². The molecule has 4 nitrogen and oxygen atoms in total. The average molecular weight is 298 g/mol. The summed E-state index contributed by atoms with van der Waals surface area (Å²) in [6, 6.07) is 5.50. The van der Waals surface area contributed by atoms with Crippen molar-refractivity contribution < 1.29 is 18.4 Å². The molecule has 0 aromatic heterocycles. The second-order valence-corrected chi connectivity index (χ2v) is 5.08. The molecule has 0 unspecified atom stereocenters. The zero-order valence-electron chi connectivity index (χ0n) is 12.2. The predicted octanol–water partition coefficient (Wildman–Crippen LogP) is 1.98. The van der Waals surface area contributed by atoms with Crippen LogP contribution in [0.3, 0.4) is 0 Å². The van der Waals surface area contributed by atoms with Gasteiger partial charge in [0.1, 0.15) is 0 Å². The highest BCUT2D eigenvalue weighted by Gasteiger charge is 2.27. The van der Waals surface area contributed by atoms with Crippen LogP contribution in [0.15, 0.2) is 18.2 Å². The van der Waals surface area contributed by atoms with E-state index >= 15 is 0 Å². The van der Waals surface area contributed by atoms with Gasteiger partial charge in [-0.2, -0.15) is 0 Å². The first-order valence-corrected chi connectivity index (χ1v) is 6.70. The molecule has 1 rings (SSSR count). The second-order valence-electron chi connectivity index (χ2n) is 5.08. The van der Waals surface area contributed by atoms with Crippen LogP contribution in [0.5, 0.6) is 0 Å². The Kier molecular flexibility index (Phi) is 5.96. The molecule has 1 aromatic carbocycles. The zero-order chi connectivity index (χ0) is 16.0. The number of ketones is 1. The van der Waals surface area contributed by atoms with Crippen molar-refractivity contribution in [3.8, 4) is 0 Å². The van der Waals surface area contributed by atoms with E-state index in [1.807, 2.05) is 26.0 Å². The Labute approximate surface area is 122 Å². The fraction of sp³-hybridized carbons (Fsp3) is 0.467. The minimum absolute atomic E-state index is 0.00960. The molecule has 0 aliphatic rings. The number of benzene rings is 1. The van der Waals surface area contributed by atoms with Crippen LogP contribution in [-0.4, -0.2) is 30.7 Å². The van der Waals surface area contributed by atoms with Crippen LogP contribution in [0.25, 0.3) is 0 Å². The van der Waals surface area contributed by atoms with Crippen molar-refractivity contribution in [2.45, 2.75) is 32.6 Å². The van der Waals surface area contributed by atoms with Gasteiger partial charge in [-0.15, -0.1) is 0 Å². The summed E-state index contributed by atoms with van der Waals surface area (Å²) >= 11 is 0. The summed E-state index contributed by atoms with van der Waals surface area (Å²) in [7, 11) is 0. The molecule has 0 bridgehead atoms. The van der Waals surface area contributed by atoms with Gasteiger partial charge in [0.15, 0.2) is 5.78 Å². The number of nitrogens with one attached hydrogen (secondary N) is 1. The lowest BCUT2D eigenvalue weighted by Gasteiger charge is -2.14. The number of Topliss-reactive ketones (excluding diaryl/α,β-unsaturated/α-hetero) is 1. The van der Waals surface area contributed by atoms with Crippen molar-refractivity contribution in [2.24, 2.45) is 5.73 Å². The molecule has 0 aliphatic heterocycles. The first kappa shape index (κ1) is 17.2. The Morgan fingerprint density at radius 3 is 2.52 bits per heavy atom. The number of halogens is 2. The van der Waals surface area contributed by atoms with Gasteiger partial charge in [-0.25, -0.2) is 8.78 Å². The lowest BCUT2D eigenvalue weighted by atomic mass is 9.99. The highest BCUT2D eigenvalue weighted by atomic mass is 19.3. The molecule has 3 N–H and O–H groups in total. The Morgan fingerprint density at radius 2 is 1.90 bits per heavy atom. The monoisotopic (exact) mass is 298 g/mol. The number of hydrogen-bond donors (Lipinski definition) is 2. The molecule has 1 amide bonds. The van der Waals surface area contributed by atoms with Gasteiger partial charge in [0.05, 0.1) is 13.1 Å². The number of aryl methyl sites for hydroxylation is 2. The van der Waals surface area contributed by atoms with Gasteiger partial charge in [-0.1, -0.05) is 17.7 Å². The molecular weight excluding hydrogens is 278 g/mol. The summed E-state index contributed by atoms with van der Waals surface area (Å²) in [6.45, 7) is 2.06. The molecule has 21 heavy (non-hydrogen) atoms. The van der Waals surface area contributed by atoms with Crippen LogP contribution in [0.4, 0.5) is 8.78 Å². The molecular formula is C15H20F2N2O2. The maximum Gasteiger partial charge on any atom is 0.277 e. The lowest BCUT2D eigenvalue weighted by Crippen LogP contribution is -2.41. The molecule has 1 aromatic rings. The third kappa shape index (κ3) is 5.59. The van der Waals surface area contributed by atoms with Crippen molar-refractivity contribution in [1.29, 1.82) is 0 Å². The highest BCUT2D eigenvalue weighted by Crippen LogP contribution is 2.14. The smallest absolute Gasteiger partial charge is 0.277 e. The fourth-order valence-electron chi connectivity index (χ4n) is 1.79. The maximum absolute atomic E-state index is 12.9. The van der Waals surface area contributed by atoms with Gasteiger partial charge in [-0.3, -0.25) is 9.59 Å². The normalized spacial score (nSPS) is 11.3. The number of hydrogen-bond acceptors (Lipinski definition) is 3. The predicted molar refractivity (Wildman–Crippen MR) is 76.5 cm³/mol. The first-order chi connectivity index (χ1) is 9.75. The van der Waals surface area contributed by atoms with Crippen LogP contribution in [-0.2, 0) is 4.79 Å². The molecule has 0 radical (unpaired) electrons. The number of carbonyl (C=O) groups excluding carboxylic acids is 2. The van der Waals surface area contributed by atoms with Crippen molar-refractivity contribution >= 4 is 11.7 Å². The van der Waals surface area contributed by atoms with E-state index in [1.165, 1.54) is 0 Å². The molecule has 6 heteroatoms. The standard InChI is InChI=1S/C15H20F2N2O2/c1-10-3-4-11(2)12(7-10)13(20)5-6-14(21)19-9-15(16,17)8-18/h3-4,7H,5-6,8-9,18H2,1-2H3,(H,19,21). The number of nitrogens with two attached hydrogens (primary N) is 1. The third-order valence-corrected chi connectivity index (χ3v) is 3.12. The summed E-state index contributed by atoms with van der Waals surface area (Å²) in [5.74, 6) is -3.87. The number of rotatable bonds is 7. The zero-order valence-corrected chi connectivity index (χ0v) is 12.2. The average Bonchev–Trinajstić information content (AvgIpc) is 2.45. The lowest BCUT2D eigenvalue weighted by molar-refractivity contribution is -0.122. The van der Waals surface area contributed by atoms with E-state index in [2.05, 4.69) is 5.32 Å². The van der Waals surface area contributed by atoms with Gasteiger partial charge in [0.2, 0.25) is 5.91 Å². The molecule has 0 saturated heterocycles. The molecule has 0 spiro atoms. The summed E-state index contributed by atoms with van der Waals surface area (Å²) in [5, 5.41) is 2.09. The van der Waals surface area contributed by atoms with Gasteiger partial charge in [0, 0.05) is 18.4 Å². The van der Waals surface area contributed by atoms with E-state index < -0.39 is 24.9 Å². The molecule has 0 aliphatic carbocycles. The minimum Gasteiger partial charge on any atom is -0.350 e. The summed E-state index contributed by atoms with van der Waals surface area (Å²) in [4.78, 5) is 23.5. The van der Waals surface area contributed by atoms with E-state index in [1.54, 1.807) is 6.07 Å². The van der Waals surface area contributed by atoms with E-state index in [9.17, 15) is 18.4 Å². The molecule has 0 heterocycles. The number of carbonyl (C=O) groups is 2. The molecule has 116 valence electrons.